The van der Waals surface area contributed by atoms with Gasteiger partial charge in [0, 0.05) is 23.1 Å². The molecule has 0 saturated carbocycles. The second-order valence-corrected chi connectivity index (χ2v) is 5.74. The first kappa shape index (κ1) is 11.5. The standard InChI is InChI=1S/C13H16BrFN2/c14-9-3-1-4-10(15)13(9)16-11-6-8-17-7-2-5-12(11)17/h1,3-4,11-12,16H,2,5-8H2. The SMILES string of the molecule is Fc1cccc(Br)c1NC1CCN2CCCC12. The third-order valence-corrected chi connectivity index (χ3v) is 4.56. The zero-order valence-electron chi connectivity index (χ0n) is 9.63. The Labute approximate surface area is 109 Å². The van der Waals surface area contributed by atoms with E-state index in [0.717, 1.165) is 17.4 Å². The van der Waals surface area contributed by atoms with Crippen molar-refractivity contribution in [2.75, 3.05) is 18.4 Å². The maximum absolute atomic E-state index is 13.7. The molecule has 1 aromatic carbocycles. The Hall–Kier alpha value is -0.610. The summed E-state index contributed by atoms with van der Waals surface area (Å²) in [6, 6.07) is 6.11. The Morgan fingerprint density at radius 3 is 3.00 bits per heavy atom. The summed E-state index contributed by atoms with van der Waals surface area (Å²) < 4.78 is 14.6. The molecule has 2 aliphatic rings. The van der Waals surface area contributed by atoms with Gasteiger partial charge in [0.15, 0.2) is 0 Å². The largest absolute Gasteiger partial charge is 0.377 e. The molecule has 1 aromatic rings. The molecular formula is C13H16BrFN2. The first-order chi connectivity index (χ1) is 8.25. The van der Waals surface area contributed by atoms with Crippen LogP contribution in [-0.4, -0.2) is 30.1 Å². The number of halogens is 2. The van der Waals surface area contributed by atoms with Gasteiger partial charge < -0.3 is 5.32 Å². The van der Waals surface area contributed by atoms with E-state index in [-0.39, 0.29) is 5.82 Å². The van der Waals surface area contributed by atoms with Crippen molar-refractivity contribution in [3.05, 3.63) is 28.5 Å². The van der Waals surface area contributed by atoms with Crippen LogP contribution in [0.15, 0.2) is 22.7 Å². The molecule has 2 aliphatic heterocycles. The second kappa shape index (κ2) is 4.58. The van der Waals surface area contributed by atoms with Crippen LogP contribution in [0.4, 0.5) is 10.1 Å². The predicted molar refractivity (Wildman–Crippen MR) is 70.7 cm³/mol. The Morgan fingerprint density at radius 1 is 1.29 bits per heavy atom. The van der Waals surface area contributed by atoms with E-state index in [9.17, 15) is 4.39 Å². The van der Waals surface area contributed by atoms with Gasteiger partial charge in [0.1, 0.15) is 5.82 Å². The minimum absolute atomic E-state index is 0.171. The third-order valence-electron chi connectivity index (χ3n) is 3.90. The van der Waals surface area contributed by atoms with Crippen LogP contribution in [0.25, 0.3) is 0 Å². The summed E-state index contributed by atoms with van der Waals surface area (Å²) in [5, 5.41) is 3.39. The van der Waals surface area contributed by atoms with Crippen molar-refractivity contribution in [2.24, 2.45) is 0 Å². The summed E-state index contributed by atoms with van der Waals surface area (Å²) in [5.41, 5.74) is 0.617. The maximum Gasteiger partial charge on any atom is 0.147 e. The van der Waals surface area contributed by atoms with E-state index in [1.54, 1.807) is 6.07 Å². The molecule has 2 unspecified atom stereocenters. The molecule has 2 heterocycles. The number of rotatable bonds is 2. The molecule has 0 spiro atoms. The van der Waals surface area contributed by atoms with Crippen molar-refractivity contribution in [3.8, 4) is 0 Å². The highest BCUT2D eigenvalue weighted by atomic mass is 79.9. The summed E-state index contributed by atoms with van der Waals surface area (Å²) in [6.45, 7) is 2.36. The van der Waals surface area contributed by atoms with Gasteiger partial charge in [-0.25, -0.2) is 4.39 Å². The van der Waals surface area contributed by atoms with Gasteiger partial charge in [-0.1, -0.05) is 6.07 Å². The van der Waals surface area contributed by atoms with Crippen LogP contribution in [0, 0.1) is 5.82 Å². The van der Waals surface area contributed by atoms with E-state index < -0.39 is 0 Å². The maximum atomic E-state index is 13.7. The Balaban J connectivity index is 1.79. The van der Waals surface area contributed by atoms with Gasteiger partial charge in [-0.15, -0.1) is 0 Å². The average Bonchev–Trinajstić information content (AvgIpc) is 2.87. The molecular weight excluding hydrogens is 283 g/mol. The lowest BCUT2D eigenvalue weighted by Crippen LogP contribution is -2.34. The number of hydrogen-bond acceptors (Lipinski definition) is 2. The molecule has 17 heavy (non-hydrogen) atoms. The van der Waals surface area contributed by atoms with Crippen LogP contribution in [0.2, 0.25) is 0 Å². The first-order valence-electron chi connectivity index (χ1n) is 6.20. The smallest absolute Gasteiger partial charge is 0.147 e. The Kier molecular flexibility index (Phi) is 3.09. The number of nitrogens with one attached hydrogen (secondary N) is 1. The van der Waals surface area contributed by atoms with Crippen molar-refractivity contribution < 1.29 is 4.39 Å². The lowest BCUT2D eigenvalue weighted by atomic mass is 10.1. The number of fused-ring (bicyclic) bond motifs is 1. The molecule has 2 fully saturated rings. The van der Waals surface area contributed by atoms with Gasteiger partial charge >= 0.3 is 0 Å². The molecule has 2 atom stereocenters. The van der Waals surface area contributed by atoms with Gasteiger partial charge in [-0.3, -0.25) is 4.90 Å². The number of hydrogen-bond donors (Lipinski definition) is 1. The van der Waals surface area contributed by atoms with E-state index in [2.05, 4.69) is 26.1 Å². The molecule has 1 N–H and O–H groups in total. The van der Waals surface area contributed by atoms with Gasteiger partial charge in [0.05, 0.1) is 5.69 Å². The molecule has 0 aliphatic carbocycles. The van der Waals surface area contributed by atoms with E-state index >= 15 is 0 Å². The van der Waals surface area contributed by atoms with E-state index in [4.69, 9.17) is 0 Å². The van der Waals surface area contributed by atoms with E-state index in [0.29, 0.717) is 17.8 Å². The van der Waals surface area contributed by atoms with E-state index in [1.165, 1.54) is 25.5 Å². The fourth-order valence-electron chi connectivity index (χ4n) is 3.07. The fourth-order valence-corrected chi connectivity index (χ4v) is 3.53. The van der Waals surface area contributed by atoms with Crippen LogP contribution in [-0.2, 0) is 0 Å². The quantitative estimate of drug-likeness (QED) is 0.902. The van der Waals surface area contributed by atoms with Crippen molar-refractivity contribution in [1.29, 1.82) is 0 Å². The number of benzene rings is 1. The lowest BCUT2D eigenvalue weighted by molar-refractivity contribution is 0.318. The summed E-state index contributed by atoms with van der Waals surface area (Å²) >= 11 is 3.41. The molecule has 2 nitrogen and oxygen atoms in total. The summed E-state index contributed by atoms with van der Waals surface area (Å²) in [5.74, 6) is -0.171. The number of nitrogens with zero attached hydrogens (tertiary/aromatic N) is 1. The first-order valence-corrected chi connectivity index (χ1v) is 6.99. The highest BCUT2D eigenvalue weighted by Gasteiger charge is 2.37. The number of para-hydroxylation sites is 1. The molecule has 4 heteroatoms. The molecule has 0 aromatic heterocycles. The van der Waals surface area contributed by atoms with Crippen LogP contribution in [0.5, 0.6) is 0 Å². The van der Waals surface area contributed by atoms with Gasteiger partial charge in [0.2, 0.25) is 0 Å². The predicted octanol–water partition coefficient (Wildman–Crippen LogP) is 3.24. The molecule has 0 bridgehead atoms. The fraction of sp³-hybridized carbons (Fsp3) is 0.538. The van der Waals surface area contributed by atoms with Crippen molar-refractivity contribution in [2.45, 2.75) is 31.3 Å². The topological polar surface area (TPSA) is 15.3 Å². The summed E-state index contributed by atoms with van der Waals surface area (Å²) in [4.78, 5) is 2.52. The molecule has 0 radical (unpaired) electrons. The van der Waals surface area contributed by atoms with Gasteiger partial charge in [-0.05, 0) is 53.9 Å². The molecule has 3 rings (SSSR count). The van der Waals surface area contributed by atoms with Crippen LogP contribution < -0.4 is 5.32 Å². The van der Waals surface area contributed by atoms with Crippen LogP contribution in [0.1, 0.15) is 19.3 Å². The van der Waals surface area contributed by atoms with E-state index in [1.807, 2.05) is 6.07 Å². The minimum Gasteiger partial charge on any atom is -0.377 e. The van der Waals surface area contributed by atoms with Crippen molar-refractivity contribution in [3.63, 3.8) is 0 Å². The third kappa shape index (κ3) is 2.08. The lowest BCUT2D eigenvalue weighted by Gasteiger charge is -2.23. The highest BCUT2D eigenvalue weighted by Crippen LogP contribution is 2.33. The zero-order valence-corrected chi connectivity index (χ0v) is 11.2. The van der Waals surface area contributed by atoms with Crippen LogP contribution >= 0.6 is 15.9 Å². The molecule has 92 valence electrons. The second-order valence-electron chi connectivity index (χ2n) is 4.88. The normalized spacial score (nSPS) is 28.4. The van der Waals surface area contributed by atoms with Crippen molar-refractivity contribution in [1.82, 2.24) is 4.90 Å². The Bertz CT molecular complexity index is 404. The highest BCUT2D eigenvalue weighted by molar-refractivity contribution is 9.10. The summed E-state index contributed by atoms with van der Waals surface area (Å²) in [6.07, 6.45) is 3.64. The average molecular weight is 299 g/mol. The number of anilines is 1. The minimum atomic E-state index is -0.171. The Morgan fingerprint density at radius 2 is 2.18 bits per heavy atom. The monoisotopic (exact) mass is 298 g/mol. The molecule has 0 amide bonds. The molecule has 2 saturated heterocycles. The van der Waals surface area contributed by atoms with Crippen molar-refractivity contribution >= 4 is 21.6 Å². The summed E-state index contributed by atoms with van der Waals surface area (Å²) in [7, 11) is 0. The van der Waals surface area contributed by atoms with Crippen LogP contribution in [0.3, 0.4) is 0 Å². The zero-order chi connectivity index (χ0) is 11.8. The van der Waals surface area contributed by atoms with Gasteiger partial charge in [-0.2, -0.15) is 0 Å². The van der Waals surface area contributed by atoms with Gasteiger partial charge in [0.25, 0.3) is 0 Å².